The zero-order valence-corrected chi connectivity index (χ0v) is 12.2. The predicted octanol–water partition coefficient (Wildman–Crippen LogP) is 2.97. The standard InChI is InChI=1S/C17H23NO2/c1-13-5-6-14-7-10-18(15(14)11-13)16(19)12-17(20)8-3-2-4-9-17/h5-6,11,20H,2-4,7-10,12H2,1H3. The molecular formula is C17H23NO2. The molecule has 0 atom stereocenters. The maximum absolute atomic E-state index is 12.6. The molecule has 2 aliphatic rings. The maximum Gasteiger partial charge on any atom is 0.229 e. The molecule has 0 bridgehead atoms. The topological polar surface area (TPSA) is 40.5 Å². The predicted molar refractivity (Wildman–Crippen MR) is 79.9 cm³/mol. The number of aryl methyl sites for hydroxylation is 1. The Morgan fingerprint density at radius 3 is 2.80 bits per heavy atom. The van der Waals surface area contributed by atoms with E-state index in [0.29, 0.717) is 0 Å². The molecule has 1 aromatic rings. The third kappa shape index (κ3) is 2.59. The van der Waals surface area contributed by atoms with E-state index in [4.69, 9.17) is 0 Å². The van der Waals surface area contributed by atoms with E-state index in [-0.39, 0.29) is 12.3 Å². The van der Waals surface area contributed by atoms with Gasteiger partial charge in [0.25, 0.3) is 0 Å². The van der Waals surface area contributed by atoms with Crippen LogP contribution in [0.4, 0.5) is 5.69 Å². The molecule has 0 radical (unpaired) electrons. The molecule has 1 aliphatic carbocycles. The number of aliphatic hydroxyl groups is 1. The molecule has 3 rings (SSSR count). The van der Waals surface area contributed by atoms with Crippen LogP contribution in [-0.4, -0.2) is 23.2 Å². The van der Waals surface area contributed by atoms with Gasteiger partial charge in [-0.2, -0.15) is 0 Å². The first-order valence-electron chi connectivity index (χ1n) is 7.70. The number of anilines is 1. The molecule has 0 spiro atoms. The number of hydrogen-bond donors (Lipinski definition) is 1. The second kappa shape index (κ2) is 5.21. The van der Waals surface area contributed by atoms with Gasteiger partial charge in [0.2, 0.25) is 5.91 Å². The van der Waals surface area contributed by atoms with Crippen LogP contribution in [0, 0.1) is 6.92 Å². The highest BCUT2D eigenvalue weighted by atomic mass is 16.3. The highest BCUT2D eigenvalue weighted by molar-refractivity contribution is 5.96. The summed E-state index contributed by atoms with van der Waals surface area (Å²) in [5, 5.41) is 10.6. The summed E-state index contributed by atoms with van der Waals surface area (Å²) >= 11 is 0. The summed E-state index contributed by atoms with van der Waals surface area (Å²) in [5.74, 6) is 0.0822. The lowest BCUT2D eigenvalue weighted by Crippen LogP contribution is -2.40. The monoisotopic (exact) mass is 273 g/mol. The van der Waals surface area contributed by atoms with Crippen molar-refractivity contribution >= 4 is 11.6 Å². The molecule has 1 aliphatic heterocycles. The Morgan fingerprint density at radius 2 is 2.05 bits per heavy atom. The van der Waals surface area contributed by atoms with Crippen LogP contribution >= 0.6 is 0 Å². The summed E-state index contributed by atoms with van der Waals surface area (Å²) in [7, 11) is 0. The molecule has 0 aromatic heterocycles. The van der Waals surface area contributed by atoms with Crippen LogP contribution in [0.25, 0.3) is 0 Å². The highest BCUT2D eigenvalue weighted by Crippen LogP contribution is 2.34. The van der Waals surface area contributed by atoms with Crippen molar-refractivity contribution in [1.82, 2.24) is 0 Å². The summed E-state index contributed by atoms with van der Waals surface area (Å²) in [5.41, 5.74) is 2.72. The number of fused-ring (bicyclic) bond motifs is 1. The van der Waals surface area contributed by atoms with Crippen molar-refractivity contribution in [2.75, 3.05) is 11.4 Å². The van der Waals surface area contributed by atoms with Crippen molar-refractivity contribution in [3.63, 3.8) is 0 Å². The molecule has 1 saturated carbocycles. The van der Waals surface area contributed by atoms with Crippen molar-refractivity contribution in [2.45, 2.75) is 57.5 Å². The fraction of sp³-hybridized carbons (Fsp3) is 0.588. The molecule has 1 aromatic carbocycles. The van der Waals surface area contributed by atoms with Crippen molar-refractivity contribution in [1.29, 1.82) is 0 Å². The van der Waals surface area contributed by atoms with Crippen molar-refractivity contribution in [3.05, 3.63) is 29.3 Å². The lowest BCUT2D eigenvalue weighted by molar-refractivity contribution is -0.124. The summed E-state index contributed by atoms with van der Waals surface area (Å²) in [6.45, 7) is 2.81. The largest absolute Gasteiger partial charge is 0.389 e. The van der Waals surface area contributed by atoms with Gasteiger partial charge in [0, 0.05) is 12.2 Å². The smallest absolute Gasteiger partial charge is 0.229 e. The van der Waals surface area contributed by atoms with Gasteiger partial charge in [-0.3, -0.25) is 4.79 Å². The number of nitrogens with zero attached hydrogens (tertiary/aromatic N) is 1. The Hall–Kier alpha value is -1.35. The van der Waals surface area contributed by atoms with Crippen LogP contribution in [0.1, 0.15) is 49.7 Å². The Labute approximate surface area is 120 Å². The second-order valence-electron chi connectivity index (χ2n) is 6.39. The number of carbonyl (C=O) groups is 1. The van der Waals surface area contributed by atoms with E-state index in [0.717, 1.165) is 44.3 Å². The quantitative estimate of drug-likeness (QED) is 0.900. The van der Waals surface area contributed by atoms with Crippen molar-refractivity contribution < 1.29 is 9.90 Å². The number of carbonyl (C=O) groups excluding carboxylic acids is 1. The first-order valence-corrected chi connectivity index (χ1v) is 7.70. The fourth-order valence-electron chi connectivity index (χ4n) is 3.51. The average Bonchev–Trinajstić information content (AvgIpc) is 2.82. The van der Waals surface area contributed by atoms with Crippen molar-refractivity contribution in [2.24, 2.45) is 0 Å². The molecule has 1 fully saturated rings. The minimum absolute atomic E-state index is 0.0822. The van der Waals surface area contributed by atoms with E-state index in [1.54, 1.807) is 0 Å². The maximum atomic E-state index is 12.6. The third-order valence-electron chi connectivity index (χ3n) is 4.70. The molecule has 0 unspecified atom stereocenters. The molecular weight excluding hydrogens is 250 g/mol. The van der Waals surface area contributed by atoms with Gasteiger partial charge in [-0.25, -0.2) is 0 Å². The summed E-state index contributed by atoms with van der Waals surface area (Å²) in [4.78, 5) is 14.4. The Balaban J connectivity index is 1.75. The van der Waals surface area contributed by atoms with Crippen LogP contribution in [0.15, 0.2) is 18.2 Å². The molecule has 20 heavy (non-hydrogen) atoms. The van der Waals surface area contributed by atoms with Crippen LogP contribution in [0.5, 0.6) is 0 Å². The van der Waals surface area contributed by atoms with E-state index in [2.05, 4.69) is 25.1 Å². The molecule has 1 heterocycles. The normalized spacial score (nSPS) is 20.8. The molecule has 3 nitrogen and oxygen atoms in total. The van der Waals surface area contributed by atoms with Crippen LogP contribution in [-0.2, 0) is 11.2 Å². The Morgan fingerprint density at radius 1 is 1.30 bits per heavy atom. The van der Waals surface area contributed by atoms with Crippen LogP contribution in [0.3, 0.4) is 0 Å². The van der Waals surface area contributed by atoms with Gasteiger partial charge in [0.15, 0.2) is 0 Å². The number of rotatable bonds is 2. The van der Waals surface area contributed by atoms with Crippen LogP contribution in [0.2, 0.25) is 0 Å². The molecule has 0 saturated heterocycles. The van der Waals surface area contributed by atoms with Gasteiger partial charge in [-0.1, -0.05) is 31.4 Å². The third-order valence-corrected chi connectivity index (χ3v) is 4.70. The highest BCUT2D eigenvalue weighted by Gasteiger charge is 2.35. The Kier molecular flexibility index (Phi) is 3.55. The second-order valence-corrected chi connectivity index (χ2v) is 6.39. The van der Waals surface area contributed by atoms with Crippen LogP contribution < -0.4 is 4.90 Å². The van der Waals surface area contributed by atoms with Gasteiger partial charge < -0.3 is 10.0 Å². The van der Waals surface area contributed by atoms with E-state index in [1.165, 1.54) is 17.5 Å². The van der Waals surface area contributed by atoms with E-state index in [1.807, 2.05) is 4.90 Å². The van der Waals surface area contributed by atoms with Crippen molar-refractivity contribution in [3.8, 4) is 0 Å². The van der Waals surface area contributed by atoms with E-state index < -0.39 is 5.60 Å². The van der Waals surface area contributed by atoms with Gasteiger partial charge in [0.05, 0.1) is 12.0 Å². The minimum atomic E-state index is -0.762. The van der Waals surface area contributed by atoms with Gasteiger partial charge in [-0.05, 0) is 43.4 Å². The lowest BCUT2D eigenvalue weighted by Gasteiger charge is -2.33. The zero-order chi connectivity index (χ0) is 14.2. The summed E-state index contributed by atoms with van der Waals surface area (Å²) in [6.07, 6.45) is 6.02. The molecule has 1 N–H and O–H groups in total. The number of amides is 1. The van der Waals surface area contributed by atoms with Gasteiger partial charge in [-0.15, -0.1) is 0 Å². The summed E-state index contributed by atoms with van der Waals surface area (Å²) < 4.78 is 0. The molecule has 1 amide bonds. The Bertz CT molecular complexity index is 518. The van der Waals surface area contributed by atoms with E-state index in [9.17, 15) is 9.90 Å². The van der Waals surface area contributed by atoms with Gasteiger partial charge >= 0.3 is 0 Å². The fourth-order valence-corrected chi connectivity index (χ4v) is 3.51. The number of benzene rings is 1. The lowest BCUT2D eigenvalue weighted by atomic mass is 9.82. The van der Waals surface area contributed by atoms with Gasteiger partial charge in [0.1, 0.15) is 0 Å². The first-order chi connectivity index (χ1) is 9.57. The molecule has 108 valence electrons. The average molecular weight is 273 g/mol. The zero-order valence-electron chi connectivity index (χ0n) is 12.2. The SMILES string of the molecule is Cc1ccc2c(c1)N(C(=O)CC1(O)CCCCC1)CC2. The molecule has 3 heteroatoms. The first kappa shape index (κ1) is 13.6. The number of hydrogen-bond acceptors (Lipinski definition) is 2. The van der Waals surface area contributed by atoms with E-state index >= 15 is 0 Å². The summed E-state index contributed by atoms with van der Waals surface area (Å²) in [6, 6.07) is 6.31. The minimum Gasteiger partial charge on any atom is -0.389 e.